The normalized spacial score (nSPS) is 12.1. The molecule has 1 atom stereocenters. The lowest BCUT2D eigenvalue weighted by Crippen LogP contribution is -2.32. The van der Waals surface area contributed by atoms with Gasteiger partial charge in [0.25, 0.3) is 5.56 Å². The molecule has 7 nitrogen and oxygen atoms in total. The van der Waals surface area contributed by atoms with Crippen LogP contribution in [0.5, 0.6) is 0 Å². The summed E-state index contributed by atoms with van der Waals surface area (Å²) in [5.74, 6) is -0.540. The quantitative estimate of drug-likeness (QED) is 0.768. The van der Waals surface area contributed by atoms with Crippen LogP contribution < -0.4 is 10.9 Å². The average molecular weight is 328 g/mol. The Labute approximate surface area is 135 Å². The summed E-state index contributed by atoms with van der Waals surface area (Å²) < 4.78 is 15.3. The van der Waals surface area contributed by atoms with Crippen molar-refractivity contribution in [2.45, 2.75) is 13.0 Å². The van der Waals surface area contributed by atoms with Gasteiger partial charge in [-0.25, -0.2) is 14.2 Å². The topological polar surface area (TPSA) is 97.1 Å². The van der Waals surface area contributed by atoms with E-state index in [0.717, 1.165) is 0 Å². The molecular weight excluding hydrogens is 315 g/mol. The maximum atomic E-state index is 14.1. The number of carbonyl (C=O) groups is 1. The number of hydrogen-bond acceptors (Lipinski definition) is 4. The molecule has 0 fully saturated rings. The van der Waals surface area contributed by atoms with Crippen LogP contribution in [0, 0.1) is 5.82 Å². The van der Waals surface area contributed by atoms with Crippen molar-refractivity contribution in [1.82, 2.24) is 19.9 Å². The lowest BCUT2D eigenvalue weighted by molar-refractivity contribution is 0.190. The Bertz CT molecular complexity index is 972. The summed E-state index contributed by atoms with van der Waals surface area (Å²) in [6, 6.07) is 6.56. The summed E-state index contributed by atoms with van der Waals surface area (Å²) in [6.07, 6.45) is 1.70. The third kappa shape index (κ3) is 2.69. The van der Waals surface area contributed by atoms with E-state index in [1.165, 1.54) is 35.2 Å². The molecule has 24 heavy (non-hydrogen) atoms. The number of aromatic nitrogens is 3. The molecule has 0 aliphatic heterocycles. The largest absolute Gasteiger partial charge is 0.465 e. The molecule has 2 aromatic heterocycles. The van der Waals surface area contributed by atoms with Crippen LogP contribution in [-0.4, -0.2) is 25.7 Å². The first-order valence-corrected chi connectivity index (χ1v) is 7.10. The highest BCUT2D eigenvalue weighted by atomic mass is 19.1. The van der Waals surface area contributed by atoms with E-state index >= 15 is 0 Å². The summed E-state index contributed by atoms with van der Waals surface area (Å²) in [6.45, 7) is 1.55. The van der Waals surface area contributed by atoms with Crippen molar-refractivity contribution in [3.05, 3.63) is 64.7 Å². The van der Waals surface area contributed by atoms with Gasteiger partial charge in [-0.2, -0.15) is 0 Å². The molecule has 122 valence electrons. The van der Waals surface area contributed by atoms with E-state index in [1.54, 1.807) is 19.1 Å². The zero-order valence-corrected chi connectivity index (χ0v) is 12.6. The molecule has 8 heteroatoms. The van der Waals surface area contributed by atoms with Crippen molar-refractivity contribution < 1.29 is 14.3 Å². The zero-order chi connectivity index (χ0) is 17.3. The molecular formula is C16H13FN4O3. The van der Waals surface area contributed by atoms with Crippen molar-refractivity contribution in [2.75, 3.05) is 0 Å². The molecule has 0 aliphatic carbocycles. The van der Waals surface area contributed by atoms with E-state index < -0.39 is 23.5 Å². The molecule has 3 rings (SSSR count). The maximum absolute atomic E-state index is 14.1. The molecule has 1 unspecified atom stereocenters. The number of nitrogens with zero attached hydrogens (tertiary/aromatic N) is 3. The molecule has 0 radical (unpaired) electrons. The maximum Gasteiger partial charge on any atom is 0.405 e. The summed E-state index contributed by atoms with van der Waals surface area (Å²) in [5.41, 5.74) is -0.0940. The van der Waals surface area contributed by atoms with Crippen LogP contribution in [0.3, 0.4) is 0 Å². The van der Waals surface area contributed by atoms with Gasteiger partial charge in [0.2, 0.25) is 0 Å². The van der Waals surface area contributed by atoms with Gasteiger partial charge in [-0.3, -0.25) is 14.3 Å². The molecule has 2 heterocycles. The predicted octanol–water partition coefficient (Wildman–Crippen LogP) is 2.25. The smallest absolute Gasteiger partial charge is 0.405 e. The summed E-state index contributed by atoms with van der Waals surface area (Å²) >= 11 is 0. The van der Waals surface area contributed by atoms with Gasteiger partial charge in [-0.15, -0.1) is 0 Å². The first-order valence-electron chi connectivity index (χ1n) is 7.10. The minimum absolute atomic E-state index is 0.147. The van der Waals surface area contributed by atoms with Crippen molar-refractivity contribution >= 4 is 17.0 Å². The van der Waals surface area contributed by atoms with Gasteiger partial charge < -0.3 is 10.4 Å². The molecule has 2 N–H and O–H groups in total. The van der Waals surface area contributed by atoms with Crippen molar-refractivity contribution in [1.29, 1.82) is 0 Å². The number of fused-ring (bicyclic) bond motifs is 1. The molecule has 0 bridgehead atoms. The highest BCUT2D eigenvalue weighted by molar-refractivity contribution is 5.78. The summed E-state index contributed by atoms with van der Waals surface area (Å²) in [7, 11) is 0. The molecule has 0 saturated heterocycles. The third-order valence-corrected chi connectivity index (χ3v) is 3.50. The Kier molecular flexibility index (Phi) is 3.95. The molecule has 1 amide bonds. The van der Waals surface area contributed by atoms with E-state index in [4.69, 9.17) is 5.11 Å². The average Bonchev–Trinajstić information content (AvgIpc) is 2.54. The van der Waals surface area contributed by atoms with E-state index in [1.807, 2.05) is 0 Å². The van der Waals surface area contributed by atoms with Crippen LogP contribution in [0.2, 0.25) is 0 Å². The second-order valence-corrected chi connectivity index (χ2v) is 5.13. The number of carboxylic acid groups (broad SMARTS) is 1. The molecule has 0 aliphatic rings. The van der Waals surface area contributed by atoms with Gasteiger partial charge in [-0.05, 0) is 31.2 Å². The predicted molar refractivity (Wildman–Crippen MR) is 84.7 cm³/mol. The Balaban J connectivity index is 2.37. The standard InChI is InChI=1S/C16H13FN4O3/c1-9(19-16(23)24)14-20-12-6-2-5-11(17)13(12)15(22)21(14)10-4-3-7-18-8-10/h2-9,19H,1H3,(H,23,24). The SMILES string of the molecule is CC(NC(=O)O)c1nc2cccc(F)c2c(=O)n1-c1cccnc1. The second-order valence-electron chi connectivity index (χ2n) is 5.13. The number of rotatable bonds is 3. The van der Waals surface area contributed by atoms with Gasteiger partial charge in [-0.1, -0.05) is 6.07 Å². The monoisotopic (exact) mass is 328 g/mol. The fourth-order valence-electron chi connectivity index (χ4n) is 2.48. The van der Waals surface area contributed by atoms with Crippen LogP contribution in [0.1, 0.15) is 18.8 Å². The van der Waals surface area contributed by atoms with Crippen molar-refractivity contribution in [3.63, 3.8) is 0 Å². The summed E-state index contributed by atoms with van der Waals surface area (Å²) in [4.78, 5) is 32.0. The van der Waals surface area contributed by atoms with Crippen LogP contribution in [0.25, 0.3) is 16.6 Å². The van der Waals surface area contributed by atoms with Gasteiger partial charge in [0, 0.05) is 6.20 Å². The first kappa shape index (κ1) is 15.6. The minimum atomic E-state index is -1.26. The zero-order valence-electron chi connectivity index (χ0n) is 12.6. The first-order chi connectivity index (χ1) is 11.5. The lowest BCUT2D eigenvalue weighted by Gasteiger charge is -2.18. The number of halogens is 1. The molecule has 1 aromatic carbocycles. The van der Waals surface area contributed by atoms with Crippen LogP contribution >= 0.6 is 0 Å². The number of nitrogens with one attached hydrogen (secondary N) is 1. The van der Waals surface area contributed by atoms with E-state index in [9.17, 15) is 14.0 Å². The van der Waals surface area contributed by atoms with E-state index in [2.05, 4.69) is 15.3 Å². The molecule has 0 spiro atoms. The van der Waals surface area contributed by atoms with Crippen LogP contribution in [0.15, 0.2) is 47.5 Å². The summed E-state index contributed by atoms with van der Waals surface area (Å²) in [5, 5.41) is 11.0. The Morgan fingerprint density at radius 2 is 2.12 bits per heavy atom. The number of benzene rings is 1. The number of pyridine rings is 1. The van der Waals surface area contributed by atoms with Gasteiger partial charge in [0.1, 0.15) is 17.0 Å². The van der Waals surface area contributed by atoms with Gasteiger partial charge in [0.15, 0.2) is 0 Å². The lowest BCUT2D eigenvalue weighted by atomic mass is 10.2. The van der Waals surface area contributed by atoms with Crippen molar-refractivity contribution in [3.8, 4) is 5.69 Å². The molecule has 3 aromatic rings. The fraction of sp³-hybridized carbons (Fsp3) is 0.125. The molecule has 0 saturated carbocycles. The fourth-order valence-corrected chi connectivity index (χ4v) is 2.48. The Morgan fingerprint density at radius 1 is 1.33 bits per heavy atom. The Hall–Kier alpha value is -3.29. The van der Waals surface area contributed by atoms with Crippen LogP contribution in [-0.2, 0) is 0 Å². The Morgan fingerprint density at radius 3 is 2.79 bits per heavy atom. The second kappa shape index (κ2) is 6.07. The van der Waals surface area contributed by atoms with Crippen LogP contribution in [0.4, 0.5) is 9.18 Å². The highest BCUT2D eigenvalue weighted by Gasteiger charge is 2.20. The van der Waals surface area contributed by atoms with Crippen molar-refractivity contribution in [2.24, 2.45) is 0 Å². The highest BCUT2D eigenvalue weighted by Crippen LogP contribution is 2.19. The third-order valence-electron chi connectivity index (χ3n) is 3.50. The number of amides is 1. The van der Waals surface area contributed by atoms with E-state index in [0.29, 0.717) is 5.69 Å². The van der Waals surface area contributed by atoms with Gasteiger partial charge >= 0.3 is 6.09 Å². The van der Waals surface area contributed by atoms with E-state index in [-0.39, 0.29) is 16.7 Å². The van der Waals surface area contributed by atoms with Gasteiger partial charge in [0.05, 0.1) is 23.4 Å². The minimum Gasteiger partial charge on any atom is -0.465 e. The number of hydrogen-bond donors (Lipinski definition) is 2.